The maximum Gasteiger partial charge on any atom is 0.227 e. The second-order valence-electron chi connectivity index (χ2n) is 4.62. The van der Waals surface area contributed by atoms with Crippen LogP contribution in [0.4, 0.5) is 0 Å². The van der Waals surface area contributed by atoms with Crippen LogP contribution in [-0.4, -0.2) is 44.1 Å². The quantitative estimate of drug-likeness (QED) is 0.867. The highest BCUT2D eigenvalue weighted by Crippen LogP contribution is 2.21. The molecule has 0 aromatic heterocycles. The third-order valence-electron chi connectivity index (χ3n) is 3.25. The minimum absolute atomic E-state index is 0.179. The van der Waals surface area contributed by atoms with Gasteiger partial charge in [0, 0.05) is 31.7 Å². The molecule has 4 heteroatoms. The standard InChI is InChI=1S/C14H20N2O2/c1-11-3-4-12(13(9-11)18-2)10-14(17)16-7-5-15-6-8-16/h3-4,9,15H,5-8,10H2,1-2H3. The van der Waals surface area contributed by atoms with Gasteiger partial charge in [-0.2, -0.15) is 0 Å². The van der Waals surface area contributed by atoms with E-state index in [-0.39, 0.29) is 5.91 Å². The highest BCUT2D eigenvalue weighted by molar-refractivity contribution is 5.79. The van der Waals surface area contributed by atoms with Gasteiger partial charge in [-0.05, 0) is 18.6 Å². The van der Waals surface area contributed by atoms with Crippen LogP contribution in [0.3, 0.4) is 0 Å². The van der Waals surface area contributed by atoms with E-state index < -0.39 is 0 Å². The van der Waals surface area contributed by atoms with E-state index in [2.05, 4.69) is 5.32 Å². The van der Waals surface area contributed by atoms with E-state index in [9.17, 15) is 4.79 Å². The maximum absolute atomic E-state index is 12.2. The van der Waals surface area contributed by atoms with E-state index in [0.717, 1.165) is 43.1 Å². The van der Waals surface area contributed by atoms with Crippen molar-refractivity contribution in [2.75, 3.05) is 33.3 Å². The largest absolute Gasteiger partial charge is 0.496 e. The topological polar surface area (TPSA) is 41.6 Å². The molecule has 1 fully saturated rings. The average molecular weight is 248 g/mol. The van der Waals surface area contributed by atoms with Gasteiger partial charge in [0.2, 0.25) is 5.91 Å². The summed E-state index contributed by atoms with van der Waals surface area (Å²) in [5, 5.41) is 3.24. The summed E-state index contributed by atoms with van der Waals surface area (Å²) in [7, 11) is 1.65. The number of nitrogens with one attached hydrogen (secondary N) is 1. The molecule has 1 N–H and O–H groups in total. The molecule has 0 radical (unpaired) electrons. The Morgan fingerprint density at radius 1 is 1.39 bits per heavy atom. The van der Waals surface area contributed by atoms with Crippen molar-refractivity contribution in [1.82, 2.24) is 10.2 Å². The van der Waals surface area contributed by atoms with E-state index in [1.165, 1.54) is 0 Å². The maximum atomic E-state index is 12.2. The normalized spacial score (nSPS) is 15.6. The van der Waals surface area contributed by atoms with Crippen molar-refractivity contribution in [3.63, 3.8) is 0 Å². The number of hydrogen-bond acceptors (Lipinski definition) is 3. The molecule has 2 rings (SSSR count). The van der Waals surface area contributed by atoms with E-state index >= 15 is 0 Å². The van der Waals surface area contributed by atoms with Gasteiger partial charge in [0.1, 0.15) is 5.75 Å². The SMILES string of the molecule is COc1cc(C)ccc1CC(=O)N1CCNCC1. The van der Waals surface area contributed by atoms with Crippen LogP contribution in [0.5, 0.6) is 5.75 Å². The Kier molecular flexibility index (Phi) is 4.20. The Morgan fingerprint density at radius 2 is 2.11 bits per heavy atom. The van der Waals surface area contributed by atoms with E-state index in [4.69, 9.17) is 4.74 Å². The van der Waals surface area contributed by atoms with Gasteiger partial charge in [-0.3, -0.25) is 4.79 Å². The Labute approximate surface area is 108 Å². The molecular weight excluding hydrogens is 228 g/mol. The summed E-state index contributed by atoms with van der Waals surface area (Å²) < 4.78 is 5.33. The van der Waals surface area contributed by atoms with Gasteiger partial charge in [0.15, 0.2) is 0 Å². The molecule has 0 unspecified atom stereocenters. The number of carbonyl (C=O) groups excluding carboxylic acids is 1. The first kappa shape index (κ1) is 12.9. The first-order valence-corrected chi connectivity index (χ1v) is 6.32. The van der Waals surface area contributed by atoms with Gasteiger partial charge in [0.25, 0.3) is 0 Å². The van der Waals surface area contributed by atoms with Crippen molar-refractivity contribution in [2.24, 2.45) is 0 Å². The zero-order valence-corrected chi connectivity index (χ0v) is 11.0. The summed E-state index contributed by atoms with van der Waals surface area (Å²) in [6.07, 6.45) is 0.420. The molecule has 1 aliphatic rings. The second-order valence-corrected chi connectivity index (χ2v) is 4.62. The van der Waals surface area contributed by atoms with Crippen LogP contribution < -0.4 is 10.1 Å². The average Bonchev–Trinajstić information content (AvgIpc) is 2.41. The molecule has 0 atom stereocenters. The number of amides is 1. The molecule has 1 aromatic carbocycles. The molecule has 18 heavy (non-hydrogen) atoms. The summed E-state index contributed by atoms with van der Waals surface area (Å²) in [6, 6.07) is 5.97. The second kappa shape index (κ2) is 5.87. The first-order chi connectivity index (χ1) is 8.70. The van der Waals surface area contributed by atoms with Crippen molar-refractivity contribution in [2.45, 2.75) is 13.3 Å². The highest BCUT2D eigenvalue weighted by Gasteiger charge is 2.17. The Balaban J connectivity index is 2.06. The van der Waals surface area contributed by atoms with Gasteiger partial charge in [0.05, 0.1) is 13.5 Å². The Bertz CT molecular complexity index is 426. The smallest absolute Gasteiger partial charge is 0.227 e. The van der Waals surface area contributed by atoms with Crippen LogP contribution in [0.15, 0.2) is 18.2 Å². The Hall–Kier alpha value is -1.55. The van der Waals surface area contributed by atoms with E-state index in [1.807, 2.05) is 30.0 Å². The molecule has 1 aromatic rings. The van der Waals surface area contributed by atoms with Crippen LogP contribution in [0.2, 0.25) is 0 Å². The van der Waals surface area contributed by atoms with Gasteiger partial charge in [-0.25, -0.2) is 0 Å². The molecule has 0 aliphatic carbocycles. The summed E-state index contributed by atoms with van der Waals surface area (Å²) in [5.41, 5.74) is 2.11. The third kappa shape index (κ3) is 3.01. The van der Waals surface area contributed by atoms with Crippen LogP contribution in [0.25, 0.3) is 0 Å². The molecular formula is C14H20N2O2. The lowest BCUT2D eigenvalue weighted by Crippen LogP contribution is -2.46. The van der Waals surface area contributed by atoms with Crippen molar-refractivity contribution >= 4 is 5.91 Å². The van der Waals surface area contributed by atoms with Gasteiger partial charge in [-0.15, -0.1) is 0 Å². The van der Waals surface area contributed by atoms with Crippen molar-refractivity contribution < 1.29 is 9.53 Å². The number of methoxy groups -OCH3 is 1. The number of benzene rings is 1. The number of ether oxygens (including phenoxy) is 1. The molecule has 0 spiro atoms. The summed E-state index contributed by atoms with van der Waals surface area (Å²) >= 11 is 0. The predicted molar refractivity (Wildman–Crippen MR) is 70.9 cm³/mol. The van der Waals surface area contributed by atoms with Crippen molar-refractivity contribution in [3.8, 4) is 5.75 Å². The molecule has 1 aliphatic heterocycles. The molecule has 1 saturated heterocycles. The summed E-state index contributed by atoms with van der Waals surface area (Å²) in [4.78, 5) is 14.1. The number of hydrogen-bond donors (Lipinski definition) is 1. The molecule has 1 heterocycles. The van der Waals surface area contributed by atoms with E-state index in [0.29, 0.717) is 6.42 Å². The minimum Gasteiger partial charge on any atom is -0.496 e. The molecule has 1 amide bonds. The number of aryl methyl sites for hydroxylation is 1. The predicted octanol–water partition coefficient (Wildman–Crippen LogP) is 0.978. The first-order valence-electron chi connectivity index (χ1n) is 6.32. The zero-order valence-electron chi connectivity index (χ0n) is 11.0. The van der Waals surface area contributed by atoms with Gasteiger partial charge < -0.3 is 15.0 Å². The lowest BCUT2D eigenvalue weighted by atomic mass is 10.1. The monoisotopic (exact) mass is 248 g/mol. The fourth-order valence-corrected chi connectivity index (χ4v) is 2.19. The summed E-state index contributed by atoms with van der Waals surface area (Å²) in [6.45, 7) is 5.39. The lowest BCUT2D eigenvalue weighted by Gasteiger charge is -2.27. The molecule has 4 nitrogen and oxygen atoms in total. The molecule has 98 valence electrons. The minimum atomic E-state index is 0.179. The van der Waals surface area contributed by atoms with Gasteiger partial charge >= 0.3 is 0 Å². The highest BCUT2D eigenvalue weighted by atomic mass is 16.5. The molecule has 0 bridgehead atoms. The number of piperazine rings is 1. The lowest BCUT2D eigenvalue weighted by molar-refractivity contribution is -0.131. The van der Waals surface area contributed by atoms with Gasteiger partial charge in [-0.1, -0.05) is 12.1 Å². The Morgan fingerprint density at radius 3 is 2.78 bits per heavy atom. The van der Waals surface area contributed by atoms with Crippen LogP contribution in [0, 0.1) is 6.92 Å². The van der Waals surface area contributed by atoms with Crippen LogP contribution in [-0.2, 0) is 11.2 Å². The number of carbonyl (C=O) groups is 1. The van der Waals surface area contributed by atoms with Crippen LogP contribution in [0.1, 0.15) is 11.1 Å². The molecule has 0 saturated carbocycles. The zero-order chi connectivity index (χ0) is 13.0. The number of nitrogens with zero attached hydrogens (tertiary/aromatic N) is 1. The summed E-state index contributed by atoms with van der Waals surface area (Å²) in [5.74, 6) is 0.983. The van der Waals surface area contributed by atoms with Crippen LogP contribution >= 0.6 is 0 Å². The third-order valence-corrected chi connectivity index (χ3v) is 3.25. The van der Waals surface area contributed by atoms with E-state index in [1.54, 1.807) is 7.11 Å². The van der Waals surface area contributed by atoms with Crippen molar-refractivity contribution in [3.05, 3.63) is 29.3 Å². The fraction of sp³-hybridized carbons (Fsp3) is 0.500. The number of rotatable bonds is 3. The fourth-order valence-electron chi connectivity index (χ4n) is 2.19. The van der Waals surface area contributed by atoms with Crippen molar-refractivity contribution in [1.29, 1.82) is 0 Å².